The minimum Gasteiger partial charge on any atom is -0.443 e. The molecule has 0 saturated carbocycles. The first kappa shape index (κ1) is 17.0. The summed E-state index contributed by atoms with van der Waals surface area (Å²) < 4.78 is 28.0. The lowest BCUT2D eigenvalue weighted by Crippen LogP contribution is -2.36. The maximum absolute atomic E-state index is 12.1. The van der Waals surface area contributed by atoms with Gasteiger partial charge in [0.05, 0.1) is 10.6 Å². The maximum Gasteiger partial charge on any atom is 0.420 e. The van der Waals surface area contributed by atoms with E-state index in [2.05, 4.69) is 4.85 Å². The van der Waals surface area contributed by atoms with E-state index in [1.165, 1.54) is 24.3 Å². The van der Waals surface area contributed by atoms with Crippen molar-refractivity contribution in [3.8, 4) is 0 Å². The zero-order valence-corrected chi connectivity index (χ0v) is 13.3. The molecule has 0 saturated heterocycles. The SMILES string of the molecule is [C-]#[N+]CN(C(=O)OC(C)(C)C)c1ccc(S(C)(=O)=O)cc1. The first-order chi connectivity index (χ1) is 9.54. The largest absolute Gasteiger partial charge is 0.443 e. The molecule has 1 rings (SSSR count). The van der Waals surface area contributed by atoms with Crippen LogP contribution in [0.25, 0.3) is 4.85 Å². The number of hydrogen-bond donors (Lipinski definition) is 0. The predicted octanol–water partition coefficient (Wildman–Crippen LogP) is 2.71. The number of hydrogen-bond acceptors (Lipinski definition) is 4. The highest BCUT2D eigenvalue weighted by atomic mass is 32.2. The number of sulfone groups is 1. The van der Waals surface area contributed by atoms with Crippen LogP contribution in [-0.4, -0.2) is 33.0 Å². The van der Waals surface area contributed by atoms with E-state index in [-0.39, 0.29) is 11.6 Å². The molecule has 0 radical (unpaired) electrons. The molecule has 6 nitrogen and oxygen atoms in total. The molecule has 0 fully saturated rings. The van der Waals surface area contributed by atoms with E-state index in [1.54, 1.807) is 20.8 Å². The van der Waals surface area contributed by atoms with Gasteiger partial charge in [-0.15, -0.1) is 0 Å². The Morgan fingerprint density at radius 3 is 2.19 bits per heavy atom. The van der Waals surface area contributed by atoms with Crippen molar-refractivity contribution < 1.29 is 17.9 Å². The third-order valence-corrected chi connectivity index (χ3v) is 3.53. The van der Waals surface area contributed by atoms with Gasteiger partial charge in [-0.25, -0.2) is 24.7 Å². The van der Waals surface area contributed by atoms with Gasteiger partial charge in [0.15, 0.2) is 9.84 Å². The van der Waals surface area contributed by atoms with E-state index in [9.17, 15) is 13.2 Å². The summed E-state index contributed by atoms with van der Waals surface area (Å²) in [6.07, 6.45) is 0.456. The molecule has 0 unspecified atom stereocenters. The highest BCUT2D eigenvalue weighted by Crippen LogP contribution is 2.20. The van der Waals surface area contributed by atoms with Gasteiger partial charge in [0.1, 0.15) is 5.60 Å². The first-order valence-electron chi connectivity index (χ1n) is 6.18. The average molecular weight is 310 g/mol. The number of anilines is 1. The summed E-state index contributed by atoms with van der Waals surface area (Å²) in [5.41, 5.74) is -0.267. The van der Waals surface area contributed by atoms with E-state index >= 15 is 0 Å². The second kappa shape index (κ2) is 6.14. The van der Waals surface area contributed by atoms with Crippen LogP contribution >= 0.6 is 0 Å². The summed E-state index contributed by atoms with van der Waals surface area (Å²) in [6, 6.07) is 5.74. The topological polar surface area (TPSA) is 68.0 Å². The third kappa shape index (κ3) is 5.08. The fourth-order valence-corrected chi connectivity index (χ4v) is 2.14. The quantitative estimate of drug-likeness (QED) is 0.805. The van der Waals surface area contributed by atoms with E-state index in [0.29, 0.717) is 5.69 Å². The van der Waals surface area contributed by atoms with Crippen LogP contribution in [0.4, 0.5) is 10.5 Å². The second-order valence-electron chi connectivity index (χ2n) is 5.47. The molecular formula is C14H18N2O4S. The van der Waals surface area contributed by atoms with E-state index in [0.717, 1.165) is 11.2 Å². The molecule has 0 aliphatic rings. The van der Waals surface area contributed by atoms with Crippen molar-refractivity contribution in [1.82, 2.24) is 0 Å². The lowest BCUT2D eigenvalue weighted by molar-refractivity contribution is 0.0584. The van der Waals surface area contributed by atoms with Gasteiger partial charge in [-0.05, 0) is 45.0 Å². The van der Waals surface area contributed by atoms with Crippen LogP contribution in [0.5, 0.6) is 0 Å². The van der Waals surface area contributed by atoms with Crippen LogP contribution in [0, 0.1) is 6.57 Å². The van der Waals surface area contributed by atoms with Crippen molar-refractivity contribution in [2.24, 2.45) is 0 Å². The minimum absolute atomic E-state index is 0.151. The van der Waals surface area contributed by atoms with Crippen molar-refractivity contribution >= 4 is 21.6 Å². The van der Waals surface area contributed by atoms with Crippen molar-refractivity contribution in [2.45, 2.75) is 31.3 Å². The van der Waals surface area contributed by atoms with Crippen LogP contribution in [0.1, 0.15) is 20.8 Å². The molecule has 1 aromatic carbocycles. The van der Waals surface area contributed by atoms with E-state index in [1.807, 2.05) is 0 Å². The van der Waals surface area contributed by atoms with Crippen LogP contribution in [0.15, 0.2) is 29.2 Å². The molecular weight excluding hydrogens is 292 g/mol. The Bertz CT molecular complexity index is 652. The van der Waals surface area contributed by atoms with Crippen molar-refractivity contribution in [1.29, 1.82) is 0 Å². The monoisotopic (exact) mass is 310 g/mol. The fraction of sp³-hybridized carbons (Fsp3) is 0.429. The molecule has 114 valence electrons. The zero-order valence-electron chi connectivity index (χ0n) is 12.5. The number of carbonyl (C=O) groups is 1. The second-order valence-corrected chi connectivity index (χ2v) is 7.49. The van der Waals surface area contributed by atoms with Gasteiger partial charge >= 0.3 is 6.09 Å². The Kier molecular flexibility index (Phi) is 4.97. The molecule has 0 bridgehead atoms. The molecule has 0 atom stereocenters. The van der Waals surface area contributed by atoms with Crippen LogP contribution in [-0.2, 0) is 14.6 Å². The van der Waals surface area contributed by atoms with Crippen molar-refractivity contribution in [3.63, 3.8) is 0 Å². The van der Waals surface area contributed by atoms with Gasteiger partial charge in [-0.3, -0.25) is 4.85 Å². The highest BCUT2D eigenvalue weighted by molar-refractivity contribution is 7.90. The Labute approximate surface area is 125 Å². The molecule has 0 aliphatic heterocycles. The number of amides is 1. The molecule has 0 N–H and O–H groups in total. The van der Waals surface area contributed by atoms with Crippen LogP contribution in [0.3, 0.4) is 0 Å². The smallest absolute Gasteiger partial charge is 0.420 e. The molecule has 21 heavy (non-hydrogen) atoms. The van der Waals surface area contributed by atoms with Gasteiger partial charge in [-0.2, -0.15) is 0 Å². The summed E-state index contributed by atoms with van der Waals surface area (Å²) in [7, 11) is -3.30. The maximum atomic E-state index is 12.1. The summed E-state index contributed by atoms with van der Waals surface area (Å²) in [4.78, 5) is 16.6. The predicted molar refractivity (Wildman–Crippen MR) is 79.7 cm³/mol. The van der Waals surface area contributed by atoms with E-state index in [4.69, 9.17) is 11.3 Å². The lowest BCUT2D eigenvalue weighted by atomic mass is 10.2. The van der Waals surface area contributed by atoms with Gasteiger partial charge in [-0.1, -0.05) is 0 Å². The zero-order chi connectivity index (χ0) is 16.3. The fourth-order valence-electron chi connectivity index (χ4n) is 1.51. The number of nitrogens with zero attached hydrogens (tertiary/aromatic N) is 2. The third-order valence-electron chi connectivity index (χ3n) is 2.40. The van der Waals surface area contributed by atoms with Gasteiger partial charge < -0.3 is 4.74 Å². The Balaban J connectivity index is 3.07. The molecule has 0 spiro atoms. The van der Waals surface area contributed by atoms with Crippen molar-refractivity contribution in [3.05, 3.63) is 35.7 Å². The normalized spacial score (nSPS) is 11.6. The molecule has 1 amide bonds. The Morgan fingerprint density at radius 1 is 1.29 bits per heavy atom. The summed E-state index contributed by atoms with van der Waals surface area (Å²) in [6.45, 7) is 11.9. The Hall–Kier alpha value is -2.07. The summed E-state index contributed by atoms with van der Waals surface area (Å²) >= 11 is 0. The van der Waals surface area contributed by atoms with Gasteiger partial charge in [0.25, 0.3) is 6.67 Å². The van der Waals surface area contributed by atoms with Gasteiger partial charge in [0.2, 0.25) is 0 Å². The first-order valence-corrected chi connectivity index (χ1v) is 8.07. The standard InChI is InChI=1S/C14H18N2O4S/c1-14(2,3)20-13(17)16(10-15-4)11-6-8-12(9-7-11)21(5,18)19/h6-9H,10H2,1-3,5H3. The summed E-state index contributed by atoms with van der Waals surface area (Å²) in [5, 5.41) is 0. The van der Waals surface area contributed by atoms with Crippen LogP contribution in [0.2, 0.25) is 0 Å². The minimum atomic E-state index is -3.30. The number of carbonyl (C=O) groups excluding carboxylic acids is 1. The van der Waals surface area contributed by atoms with Crippen LogP contribution < -0.4 is 4.90 Å². The molecule has 0 aromatic heterocycles. The number of ether oxygens (including phenoxy) is 1. The average Bonchev–Trinajstić information content (AvgIpc) is 2.33. The molecule has 0 heterocycles. The number of rotatable bonds is 3. The highest BCUT2D eigenvalue weighted by Gasteiger charge is 2.25. The van der Waals surface area contributed by atoms with Crippen molar-refractivity contribution in [2.75, 3.05) is 17.8 Å². The summed E-state index contributed by atoms with van der Waals surface area (Å²) in [5.74, 6) is 0. The number of benzene rings is 1. The lowest BCUT2D eigenvalue weighted by Gasteiger charge is -2.24. The Morgan fingerprint density at radius 2 is 1.81 bits per heavy atom. The van der Waals surface area contributed by atoms with Gasteiger partial charge in [0, 0.05) is 6.26 Å². The molecule has 1 aromatic rings. The molecule has 7 heteroatoms. The van der Waals surface area contributed by atoms with E-state index < -0.39 is 21.5 Å². The molecule has 0 aliphatic carbocycles.